The van der Waals surface area contributed by atoms with Crippen molar-refractivity contribution in [2.24, 2.45) is 11.7 Å². The molecule has 22 heavy (non-hydrogen) atoms. The highest BCUT2D eigenvalue weighted by atomic mass is 16.2. The van der Waals surface area contributed by atoms with E-state index in [1.807, 2.05) is 39.0 Å². The fraction of sp³-hybridized carbons (Fsp3) is 0.500. The molecule has 0 bridgehead atoms. The molecule has 5 N–H and O–H groups in total. The summed E-state index contributed by atoms with van der Waals surface area (Å²) in [5.74, 6) is -0.0725. The molecular weight excluding hydrogens is 280 g/mol. The molecule has 6 nitrogen and oxygen atoms in total. The number of carbonyl (C=O) groups excluding carboxylic acids is 2. The fourth-order valence-corrected chi connectivity index (χ4v) is 1.77. The fourth-order valence-electron chi connectivity index (χ4n) is 1.77. The Morgan fingerprint density at radius 2 is 1.77 bits per heavy atom. The van der Waals surface area contributed by atoms with Crippen LogP contribution in [-0.4, -0.2) is 30.1 Å². The zero-order valence-corrected chi connectivity index (χ0v) is 13.6. The average Bonchev–Trinajstić information content (AvgIpc) is 2.47. The van der Waals surface area contributed by atoms with Crippen LogP contribution in [0.25, 0.3) is 0 Å². The number of nitrogens with two attached hydrogens (primary N) is 1. The van der Waals surface area contributed by atoms with Gasteiger partial charge in [0.25, 0.3) is 0 Å². The molecule has 0 aliphatic carbocycles. The summed E-state index contributed by atoms with van der Waals surface area (Å²) in [5, 5.41) is 8.19. The molecule has 0 saturated heterocycles. The first-order valence-corrected chi connectivity index (χ1v) is 7.43. The van der Waals surface area contributed by atoms with Gasteiger partial charge in [-0.1, -0.05) is 32.0 Å². The predicted molar refractivity (Wildman–Crippen MR) is 88.5 cm³/mol. The lowest BCUT2D eigenvalue weighted by Crippen LogP contribution is -2.59. The second kappa shape index (κ2) is 7.79. The Labute approximate surface area is 131 Å². The van der Waals surface area contributed by atoms with Crippen molar-refractivity contribution in [1.29, 1.82) is 0 Å². The third kappa shape index (κ3) is 5.04. The first kappa shape index (κ1) is 18.0. The van der Waals surface area contributed by atoms with Crippen LogP contribution in [-0.2, 0) is 4.79 Å². The van der Waals surface area contributed by atoms with Crippen molar-refractivity contribution in [3.8, 4) is 0 Å². The summed E-state index contributed by atoms with van der Waals surface area (Å²) in [6.45, 7) is 7.85. The van der Waals surface area contributed by atoms with E-state index in [-0.39, 0.29) is 11.8 Å². The number of nitrogens with one attached hydrogen (secondary N) is 3. The molecular formula is C16H26N4O2. The summed E-state index contributed by atoms with van der Waals surface area (Å²) in [7, 11) is 0. The van der Waals surface area contributed by atoms with Crippen molar-refractivity contribution < 1.29 is 9.59 Å². The molecule has 0 heterocycles. The van der Waals surface area contributed by atoms with Crippen molar-refractivity contribution in [3.05, 3.63) is 30.3 Å². The number of anilines is 1. The van der Waals surface area contributed by atoms with Gasteiger partial charge in [-0.25, -0.2) is 4.79 Å². The second-order valence-electron chi connectivity index (χ2n) is 5.95. The molecule has 2 atom stereocenters. The summed E-state index contributed by atoms with van der Waals surface area (Å²) in [5.41, 5.74) is 5.92. The van der Waals surface area contributed by atoms with Crippen molar-refractivity contribution in [2.45, 2.75) is 39.3 Å². The Hall–Kier alpha value is -2.08. The van der Waals surface area contributed by atoms with Gasteiger partial charge in [0.2, 0.25) is 5.91 Å². The third-order valence-electron chi connectivity index (χ3n) is 3.88. The molecule has 122 valence electrons. The molecule has 0 aromatic heterocycles. The Morgan fingerprint density at radius 3 is 2.27 bits per heavy atom. The van der Waals surface area contributed by atoms with Crippen LogP contribution < -0.4 is 21.7 Å². The lowest BCUT2D eigenvalue weighted by molar-refractivity contribution is -0.124. The largest absolute Gasteiger partial charge is 0.348 e. The molecule has 0 aliphatic heterocycles. The van der Waals surface area contributed by atoms with Gasteiger partial charge < -0.3 is 21.7 Å². The van der Waals surface area contributed by atoms with Gasteiger partial charge >= 0.3 is 6.03 Å². The van der Waals surface area contributed by atoms with Crippen molar-refractivity contribution in [2.75, 3.05) is 11.9 Å². The minimum absolute atomic E-state index is 0.187. The van der Waals surface area contributed by atoms with E-state index in [2.05, 4.69) is 16.0 Å². The van der Waals surface area contributed by atoms with E-state index < -0.39 is 17.6 Å². The topological polar surface area (TPSA) is 96.2 Å². The number of carbonyl (C=O) groups is 2. The quantitative estimate of drug-likeness (QED) is 0.644. The monoisotopic (exact) mass is 306 g/mol. The van der Waals surface area contributed by atoms with Crippen LogP contribution in [0.5, 0.6) is 0 Å². The van der Waals surface area contributed by atoms with Crippen LogP contribution in [0, 0.1) is 5.92 Å². The molecule has 6 heteroatoms. The molecule has 0 spiro atoms. The minimum Gasteiger partial charge on any atom is -0.348 e. The van der Waals surface area contributed by atoms with Crippen LogP contribution in [0.2, 0.25) is 0 Å². The van der Waals surface area contributed by atoms with Gasteiger partial charge in [-0.3, -0.25) is 4.79 Å². The molecule has 0 saturated carbocycles. The van der Waals surface area contributed by atoms with Gasteiger partial charge in [0, 0.05) is 12.2 Å². The maximum Gasteiger partial charge on any atom is 0.319 e. The van der Waals surface area contributed by atoms with Crippen LogP contribution >= 0.6 is 0 Å². The van der Waals surface area contributed by atoms with Crippen LogP contribution in [0.3, 0.4) is 0 Å². The molecule has 3 amide bonds. The van der Waals surface area contributed by atoms with Gasteiger partial charge in [0.15, 0.2) is 0 Å². The Bertz CT molecular complexity index is 504. The first-order valence-electron chi connectivity index (χ1n) is 7.43. The second-order valence-corrected chi connectivity index (χ2v) is 5.95. The van der Waals surface area contributed by atoms with Gasteiger partial charge in [0.1, 0.15) is 6.04 Å². The standard InChI is InChI=1S/C16H26N4O2/c1-11(2)16(4,10-17)20-14(21)12(3)18-15(22)19-13-8-6-5-7-9-13/h5-9,11-12H,10,17H2,1-4H3,(H,20,21)(H2,18,19,22). The Morgan fingerprint density at radius 1 is 1.18 bits per heavy atom. The summed E-state index contributed by atoms with van der Waals surface area (Å²) in [6, 6.07) is 7.96. The molecule has 1 aromatic rings. The van der Waals surface area contributed by atoms with E-state index >= 15 is 0 Å². The van der Waals surface area contributed by atoms with Crippen LogP contribution in [0.1, 0.15) is 27.7 Å². The first-order chi connectivity index (χ1) is 10.3. The number of benzene rings is 1. The van der Waals surface area contributed by atoms with Gasteiger partial charge in [-0.2, -0.15) is 0 Å². The van der Waals surface area contributed by atoms with E-state index in [9.17, 15) is 9.59 Å². The van der Waals surface area contributed by atoms with Gasteiger partial charge in [-0.15, -0.1) is 0 Å². The van der Waals surface area contributed by atoms with Crippen molar-refractivity contribution >= 4 is 17.6 Å². The van der Waals surface area contributed by atoms with Crippen molar-refractivity contribution in [3.63, 3.8) is 0 Å². The number of hydrogen-bond donors (Lipinski definition) is 4. The Balaban J connectivity index is 2.55. The Kier molecular flexibility index (Phi) is 6.37. The van der Waals surface area contributed by atoms with E-state index in [0.29, 0.717) is 12.2 Å². The van der Waals surface area contributed by atoms with Crippen LogP contribution in [0.15, 0.2) is 30.3 Å². The SMILES string of the molecule is CC(NC(=O)Nc1ccccc1)C(=O)NC(C)(CN)C(C)C. The highest BCUT2D eigenvalue weighted by Gasteiger charge is 2.30. The highest BCUT2D eigenvalue weighted by molar-refractivity contribution is 5.93. The molecule has 0 fully saturated rings. The zero-order chi connectivity index (χ0) is 16.8. The smallest absolute Gasteiger partial charge is 0.319 e. The molecule has 1 aromatic carbocycles. The number of amides is 3. The van der Waals surface area contributed by atoms with Crippen molar-refractivity contribution in [1.82, 2.24) is 10.6 Å². The predicted octanol–water partition coefficient (Wildman–Crippen LogP) is 1.69. The number of rotatable bonds is 6. The van der Waals surface area contributed by atoms with Gasteiger partial charge in [0.05, 0.1) is 5.54 Å². The minimum atomic E-state index is -0.659. The maximum atomic E-state index is 12.2. The normalized spacial score (nSPS) is 14.8. The third-order valence-corrected chi connectivity index (χ3v) is 3.88. The van der Waals surface area contributed by atoms with Crippen LogP contribution in [0.4, 0.5) is 10.5 Å². The molecule has 0 aliphatic rings. The zero-order valence-electron chi connectivity index (χ0n) is 13.6. The number of para-hydroxylation sites is 1. The van der Waals surface area contributed by atoms with E-state index in [0.717, 1.165) is 0 Å². The summed E-state index contributed by atoms with van der Waals surface area (Å²) in [4.78, 5) is 24.1. The molecule has 2 unspecified atom stereocenters. The summed E-state index contributed by atoms with van der Waals surface area (Å²) < 4.78 is 0. The van der Waals surface area contributed by atoms with E-state index in [4.69, 9.17) is 5.73 Å². The van der Waals surface area contributed by atoms with E-state index in [1.165, 1.54) is 0 Å². The molecule has 0 radical (unpaired) electrons. The number of urea groups is 1. The molecule has 1 rings (SSSR count). The van der Waals surface area contributed by atoms with E-state index in [1.54, 1.807) is 19.1 Å². The number of hydrogen-bond acceptors (Lipinski definition) is 3. The maximum absolute atomic E-state index is 12.2. The summed E-state index contributed by atoms with van der Waals surface area (Å²) in [6.07, 6.45) is 0. The summed E-state index contributed by atoms with van der Waals surface area (Å²) >= 11 is 0. The lowest BCUT2D eigenvalue weighted by atomic mass is 9.88. The highest BCUT2D eigenvalue weighted by Crippen LogP contribution is 2.14. The average molecular weight is 306 g/mol. The lowest BCUT2D eigenvalue weighted by Gasteiger charge is -2.34. The van der Waals surface area contributed by atoms with Gasteiger partial charge in [-0.05, 0) is 31.9 Å².